The van der Waals surface area contributed by atoms with Gasteiger partial charge in [0.1, 0.15) is 11.9 Å². The number of rotatable bonds is 7. The van der Waals surface area contributed by atoms with E-state index in [4.69, 9.17) is 0 Å². The molecule has 53 heavy (non-hydrogen) atoms. The lowest BCUT2D eigenvalue weighted by Crippen LogP contribution is -2.47. The quantitative estimate of drug-likeness (QED) is 0.143. The fraction of sp³-hybridized carbons (Fsp3) is 0.381. The van der Waals surface area contributed by atoms with Crippen LogP contribution >= 0.6 is 0 Å². The SMILES string of the molecule is Cc1cc2c(N3CCN(C)c4ccc(C#N)cc43)cc(C3CCN(CCCC#Cc4ccc(NC5CCC(=O)NC5=O)cc4F)CC3)cc2n(C)c1=O. The van der Waals surface area contributed by atoms with E-state index in [1.165, 1.54) is 11.6 Å². The highest BCUT2D eigenvalue weighted by Gasteiger charge is 2.28. The summed E-state index contributed by atoms with van der Waals surface area (Å²) < 4.78 is 16.6. The molecule has 0 aliphatic carbocycles. The summed E-state index contributed by atoms with van der Waals surface area (Å²) in [5.41, 5.74) is 7.42. The van der Waals surface area contributed by atoms with Crippen molar-refractivity contribution >= 4 is 45.5 Å². The molecule has 10 nitrogen and oxygen atoms in total. The van der Waals surface area contributed by atoms with Gasteiger partial charge in [0.15, 0.2) is 0 Å². The number of carbonyl (C=O) groups is 2. The number of halogens is 1. The molecule has 2 saturated heterocycles. The highest BCUT2D eigenvalue weighted by Crippen LogP contribution is 2.43. The van der Waals surface area contributed by atoms with Crippen LogP contribution < -0.4 is 26.0 Å². The van der Waals surface area contributed by atoms with E-state index in [0.717, 1.165) is 80.0 Å². The number of pyridine rings is 1. The lowest BCUT2D eigenvalue weighted by Gasteiger charge is -2.38. The number of hydrogen-bond donors (Lipinski definition) is 2. The van der Waals surface area contributed by atoms with Crippen LogP contribution in [0.15, 0.2) is 59.4 Å². The molecule has 1 atom stereocenters. The van der Waals surface area contributed by atoms with E-state index in [1.807, 2.05) is 38.2 Å². The lowest BCUT2D eigenvalue weighted by molar-refractivity contribution is -0.133. The number of hydrogen-bond acceptors (Lipinski definition) is 8. The Bertz CT molecular complexity index is 2260. The van der Waals surface area contributed by atoms with E-state index < -0.39 is 17.8 Å². The Kier molecular flexibility index (Phi) is 10.2. The molecule has 3 aliphatic rings. The molecular weight excluding hydrogens is 670 g/mol. The van der Waals surface area contributed by atoms with Crippen molar-refractivity contribution in [2.75, 3.05) is 54.9 Å². The number of imide groups is 1. The number of likely N-dealkylation sites (N-methyl/N-ethyl adjacent to an activating group) is 1. The van der Waals surface area contributed by atoms with E-state index >= 15 is 0 Å². The van der Waals surface area contributed by atoms with Crippen LogP contribution in [0, 0.1) is 35.9 Å². The van der Waals surface area contributed by atoms with Crippen LogP contribution in [0.3, 0.4) is 0 Å². The van der Waals surface area contributed by atoms with Crippen LogP contribution in [0.5, 0.6) is 0 Å². The molecule has 3 aromatic carbocycles. The Labute approximate surface area is 309 Å². The minimum atomic E-state index is -0.571. The number of piperidine rings is 2. The van der Waals surface area contributed by atoms with Crippen molar-refractivity contribution in [3.8, 4) is 17.9 Å². The zero-order valence-electron chi connectivity index (χ0n) is 30.5. The molecule has 2 amide bonds. The normalized spacial score (nSPS) is 17.9. The first-order chi connectivity index (χ1) is 25.6. The lowest BCUT2D eigenvalue weighted by atomic mass is 9.87. The molecule has 0 spiro atoms. The summed E-state index contributed by atoms with van der Waals surface area (Å²) in [4.78, 5) is 43.5. The smallest absolute Gasteiger partial charge is 0.253 e. The maximum absolute atomic E-state index is 14.8. The molecule has 2 N–H and O–H groups in total. The van der Waals surface area contributed by atoms with Crippen molar-refractivity contribution in [1.29, 1.82) is 5.26 Å². The van der Waals surface area contributed by atoms with Crippen molar-refractivity contribution in [1.82, 2.24) is 14.8 Å². The summed E-state index contributed by atoms with van der Waals surface area (Å²) in [6.07, 6.45) is 4.15. The molecule has 3 aliphatic heterocycles. The van der Waals surface area contributed by atoms with Crippen molar-refractivity contribution in [3.63, 3.8) is 0 Å². The molecule has 7 rings (SSSR count). The topological polar surface area (TPSA) is 114 Å². The number of aryl methyl sites for hydroxylation is 2. The number of nitriles is 1. The zero-order valence-corrected chi connectivity index (χ0v) is 30.5. The first-order valence-electron chi connectivity index (χ1n) is 18.4. The third-order valence-electron chi connectivity index (χ3n) is 10.9. The predicted molar refractivity (Wildman–Crippen MR) is 206 cm³/mol. The molecule has 0 radical (unpaired) electrons. The number of nitrogens with zero attached hydrogens (tertiary/aromatic N) is 5. The fourth-order valence-electron chi connectivity index (χ4n) is 7.83. The Morgan fingerprint density at radius 1 is 0.925 bits per heavy atom. The van der Waals surface area contributed by atoms with Gasteiger partial charge in [0, 0.05) is 56.7 Å². The van der Waals surface area contributed by atoms with Crippen LogP contribution in [0.2, 0.25) is 0 Å². The average Bonchev–Trinajstić information content (AvgIpc) is 3.16. The molecule has 1 unspecified atom stereocenters. The maximum atomic E-state index is 14.8. The second kappa shape index (κ2) is 15.1. The molecule has 0 saturated carbocycles. The average molecular weight is 714 g/mol. The third kappa shape index (κ3) is 7.49. The van der Waals surface area contributed by atoms with Crippen molar-refractivity contribution in [2.24, 2.45) is 7.05 Å². The van der Waals surface area contributed by atoms with Crippen molar-refractivity contribution in [3.05, 3.63) is 93.0 Å². The van der Waals surface area contributed by atoms with Crippen LogP contribution in [-0.2, 0) is 16.6 Å². The molecule has 1 aromatic heterocycles. The highest BCUT2D eigenvalue weighted by molar-refractivity contribution is 6.01. The standard InChI is InChI=1S/C42H44FN7O3/c1-27-21-33-37(48(3)42(27)53)23-31(24-38(33)50-20-19-47(2)36-12-8-28(26-44)22-39(36)50)29-14-17-49(18-15-29)16-6-4-5-7-30-9-10-32(25-34(30)43)45-35-11-13-40(51)46-41(35)52/h8-10,12,21-25,29,35,45H,4,6,11,13-20H2,1-3H3,(H,46,51,52). The van der Waals surface area contributed by atoms with Crippen molar-refractivity contribution < 1.29 is 14.0 Å². The van der Waals surface area contributed by atoms with Gasteiger partial charge in [-0.05, 0) is 118 Å². The van der Waals surface area contributed by atoms with Crippen LogP contribution in [0.25, 0.3) is 10.9 Å². The molecule has 272 valence electrons. The minimum Gasteiger partial charge on any atom is -0.374 e. The van der Waals surface area contributed by atoms with Gasteiger partial charge < -0.3 is 24.6 Å². The third-order valence-corrected chi connectivity index (χ3v) is 10.9. The summed E-state index contributed by atoms with van der Waals surface area (Å²) in [6, 6.07) is 18.8. The Morgan fingerprint density at radius 2 is 1.74 bits per heavy atom. The predicted octanol–water partition coefficient (Wildman–Crippen LogP) is 5.67. The van der Waals surface area contributed by atoms with Gasteiger partial charge >= 0.3 is 0 Å². The number of aromatic nitrogens is 1. The number of anilines is 4. The van der Waals surface area contributed by atoms with Gasteiger partial charge in [-0.3, -0.25) is 19.7 Å². The summed E-state index contributed by atoms with van der Waals surface area (Å²) in [5, 5.41) is 16.0. The Hall–Kier alpha value is -5.65. The van der Waals surface area contributed by atoms with E-state index in [9.17, 15) is 24.0 Å². The van der Waals surface area contributed by atoms with Crippen LogP contribution in [0.1, 0.15) is 66.7 Å². The van der Waals surface area contributed by atoms with Gasteiger partial charge in [0.05, 0.1) is 39.8 Å². The molecule has 11 heteroatoms. The zero-order chi connectivity index (χ0) is 37.2. The van der Waals surface area contributed by atoms with Gasteiger partial charge in [-0.25, -0.2) is 4.39 Å². The number of amides is 2. The second-order valence-corrected chi connectivity index (χ2v) is 14.4. The van der Waals surface area contributed by atoms with E-state index in [2.05, 4.69) is 62.4 Å². The first kappa shape index (κ1) is 35.7. The van der Waals surface area contributed by atoms with Gasteiger partial charge in [-0.2, -0.15) is 5.26 Å². The number of unbranched alkanes of at least 4 members (excludes halogenated alkanes) is 1. The monoisotopic (exact) mass is 713 g/mol. The van der Waals surface area contributed by atoms with Crippen LogP contribution in [-0.4, -0.2) is 67.1 Å². The minimum absolute atomic E-state index is 0.00519. The maximum Gasteiger partial charge on any atom is 0.253 e. The summed E-state index contributed by atoms with van der Waals surface area (Å²) >= 11 is 0. The number of likely N-dealkylation sites (tertiary alicyclic amines) is 1. The van der Waals surface area contributed by atoms with Crippen molar-refractivity contribution in [2.45, 2.75) is 57.4 Å². The summed E-state index contributed by atoms with van der Waals surface area (Å²) in [5.74, 6) is 5.28. The van der Waals surface area contributed by atoms with Gasteiger partial charge in [0.2, 0.25) is 11.8 Å². The second-order valence-electron chi connectivity index (χ2n) is 14.4. The van der Waals surface area contributed by atoms with E-state index in [-0.39, 0.29) is 17.9 Å². The van der Waals surface area contributed by atoms with Crippen LogP contribution in [0.4, 0.5) is 27.1 Å². The van der Waals surface area contributed by atoms with E-state index in [1.54, 1.807) is 16.7 Å². The molecule has 4 heterocycles. The Balaban J connectivity index is 1.00. The number of nitrogens with one attached hydrogen (secondary N) is 2. The Morgan fingerprint density at radius 3 is 2.49 bits per heavy atom. The summed E-state index contributed by atoms with van der Waals surface area (Å²) in [6.45, 7) is 6.29. The molecule has 4 aromatic rings. The number of carbonyl (C=O) groups excluding carboxylic acids is 2. The highest BCUT2D eigenvalue weighted by atomic mass is 19.1. The number of benzene rings is 3. The first-order valence-corrected chi connectivity index (χ1v) is 18.4. The van der Waals surface area contributed by atoms with Gasteiger partial charge in [-0.15, -0.1) is 0 Å². The molecular formula is C42H44FN7O3. The van der Waals surface area contributed by atoms with E-state index in [0.29, 0.717) is 41.1 Å². The molecule has 0 bridgehead atoms. The number of fused-ring (bicyclic) bond motifs is 2. The molecule has 2 fully saturated rings. The van der Waals surface area contributed by atoms with Gasteiger partial charge in [0.25, 0.3) is 5.56 Å². The summed E-state index contributed by atoms with van der Waals surface area (Å²) in [7, 11) is 3.93. The van der Waals surface area contributed by atoms with Gasteiger partial charge in [-0.1, -0.05) is 11.8 Å². The fourth-order valence-corrected chi connectivity index (χ4v) is 7.83. The largest absolute Gasteiger partial charge is 0.374 e.